The molecular weight excluding hydrogens is 412 g/mol. The van der Waals surface area contributed by atoms with Crippen molar-refractivity contribution in [2.45, 2.75) is 64.0 Å². The second-order valence-corrected chi connectivity index (χ2v) is 8.35. The number of Topliss-reactive ketones (excluding diaryl/α,β-unsaturated/α-hetero) is 1. The third-order valence-electron chi connectivity index (χ3n) is 5.84. The molecule has 8 heteroatoms. The Bertz CT molecular complexity index is 723. The fraction of sp³-hybridized carbons (Fsp3) is 0.667. The van der Waals surface area contributed by atoms with Crippen molar-refractivity contribution < 1.29 is 28.9 Å². The minimum Gasteiger partial charge on any atom is -0.493 e. The normalized spacial score (nSPS) is 15.8. The van der Waals surface area contributed by atoms with E-state index >= 15 is 0 Å². The standard InChI is InChI=1S/C24H38N2O6/c1-17(27)10-6-5-7-11-22(28)25-19(16-26-12-8-9-13-26)23(29)18-14-20(30-2)24(32-4)21(15-18)31-3/h14-15,19,23,29H,5-13,16H2,1-4H3,(H,25,28)/t19-,23?/m1/s1. The average molecular weight is 451 g/mol. The number of aliphatic hydroxyl groups excluding tert-OH is 1. The van der Waals surface area contributed by atoms with Crippen LogP contribution >= 0.6 is 0 Å². The lowest BCUT2D eigenvalue weighted by atomic mass is 10.00. The summed E-state index contributed by atoms with van der Waals surface area (Å²) in [5.74, 6) is 1.45. The van der Waals surface area contributed by atoms with Crippen molar-refractivity contribution >= 4 is 11.7 Å². The lowest BCUT2D eigenvalue weighted by Gasteiger charge is -2.29. The van der Waals surface area contributed by atoms with E-state index in [-0.39, 0.29) is 11.7 Å². The van der Waals surface area contributed by atoms with Gasteiger partial charge in [-0.2, -0.15) is 0 Å². The third-order valence-corrected chi connectivity index (χ3v) is 5.84. The number of unbranched alkanes of at least 4 members (excludes halogenated alkanes) is 2. The molecular formula is C24H38N2O6. The number of ketones is 1. The molecule has 0 aliphatic carbocycles. The van der Waals surface area contributed by atoms with Gasteiger partial charge in [0.1, 0.15) is 11.9 Å². The molecule has 1 fully saturated rings. The monoisotopic (exact) mass is 450 g/mol. The van der Waals surface area contributed by atoms with E-state index in [1.807, 2.05) is 0 Å². The van der Waals surface area contributed by atoms with E-state index in [1.54, 1.807) is 19.1 Å². The van der Waals surface area contributed by atoms with Crippen LogP contribution in [-0.4, -0.2) is 68.7 Å². The number of aliphatic hydroxyl groups is 1. The highest BCUT2D eigenvalue weighted by atomic mass is 16.5. The van der Waals surface area contributed by atoms with Crippen LogP contribution in [0.3, 0.4) is 0 Å². The SMILES string of the molecule is COc1cc(C(O)[C@@H](CN2CCCC2)NC(=O)CCCCCC(C)=O)cc(OC)c1OC. The van der Waals surface area contributed by atoms with Gasteiger partial charge in [-0.15, -0.1) is 0 Å². The van der Waals surface area contributed by atoms with Crippen molar-refractivity contribution in [3.05, 3.63) is 17.7 Å². The molecule has 1 aromatic rings. The van der Waals surface area contributed by atoms with E-state index in [0.29, 0.717) is 42.2 Å². The highest BCUT2D eigenvalue weighted by Gasteiger charge is 2.28. The van der Waals surface area contributed by atoms with Gasteiger partial charge < -0.3 is 34.3 Å². The Hall–Kier alpha value is -2.32. The maximum Gasteiger partial charge on any atom is 0.220 e. The van der Waals surface area contributed by atoms with Gasteiger partial charge in [-0.3, -0.25) is 4.79 Å². The average Bonchev–Trinajstić information content (AvgIpc) is 3.29. The molecule has 2 N–H and O–H groups in total. The molecule has 1 aliphatic rings. The van der Waals surface area contributed by atoms with E-state index in [9.17, 15) is 14.7 Å². The van der Waals surface area contributed by atoms with Crippen LogP contribution in [0.5, 0.6) is 17.2 Å². The quantitative estimate of drug-likeness (QED) is 0.421. The topological polar surface area (TPSA) is 97.3 Å². The predicted molar refractivity (Wildman–Crippen MR) is 122 cm³/mol. The molecule has 1 heterocycles. The van der Waals surface area contributed by atoms with E-state index in [2.05, 4.69) is 10.2 Å². The first kappa shape index (κ1) is 25.9. The van der Waals surface area contributed by atoms with Crippen molar-refractivity contribution in [1.29, 1.82) is 0 Å². The molecule has 2 atom stereocenters. The zero-order valence-electron chi connectivity index (χ0n) is 19.8. The number of carbonyl (C=O) groups is 2. The first-order valence-electron chi connectivity index (χ1n) is 11.4. The number of carbonyl (C=O) groups excluding carboxylic acids is 2. The molecule has 1 amide bonds. The molecule has 0 saturated carbocycles. The molecule has 1 aliphatic heterocycles. The molecule has 1 unspecified atom stereocenters. The molecule has 2 rings (SSSR count). The van der Waals surface area contributed by atoms with Crippen LogP contribution in [0.2, 0.25) is 0 Å². The zero-order chi connectivity index (χ0) is 23.5. The van der Waals surface area contributed by atoms with Gasteiger partial charge in [-0.05, 0) is 63.4 Å². The number of ether oxygens (including phenoxy) is 3. The Kier molecular flexibility index (Phi) is 10.8. The van der Waals surface area contributed by atoms with Crippen LogP contribution in [0.15, 0.2) is 12.1 Å². The van der Waals surface area contributed by atoms with Crippen molar-refractivity contribution in [3.63, 3.8) is 0 Å². The number of methoxy groups -OCH3 is 3. The van der Waals surface area contributed by atoms with Gasteiger partial charge in [0.05, 0.1) is 27.4 Å². The Morgan fingerprint density at radius 3 is 2.12 bits per heavy atom. The molecule has 180 valence electrons. The first-order valence-corrected chi connectivity index (χ1v) is 11.4. The van der Waals surface area contributed by atoms with Crippen LogP contribution < -0.4 is 19.5 Å². The molecule has 8 nitrogen and oxygen atoms in total. The van der Waals surface area contributed by atoms with Gasteiger partial charge in [0.25, 0.3) is 0 Å². The van der Waals surface area contributed by atoms with Crippen LogP contribution in [0, 0.1) is 0 Å². The molecule has 1 aromatic carbocycles. The lowest BCUT2D eigenvalue weighted by Crippen LogP contribution is -2.46. The maximum absolute atomic E-state index is 12.6. The van der Waals surface area contributed by atoms with Gasteiger partial charge in [0.2, 0.25) is 11.7 Å². The second kappa shape index (κ2) is 13.3. The second-order valence-electron chi connectivity index (χ2n) is 8.35. The van der Waals surface area contributed by atoms with E-state index in [0.717, 1.165) is 45.2 Å². The lowest BCUT2D eigenvalue weighted by molar-refractivity contribution is -0.123. The van der Waals surface area contributed by atoms with Crippen LogP contribution in [0.25, 0.3) is 0 Å². The molecule has 0 spiro atoms. The number of hydrogen-bond acceptors (Lipinski definition) is 7. The third kappa shape index (κ3) is 7.67. The largest absolute Gasteiger partial charge is 0.493 e. The molecule has 32 heavy (non-hydrogen) atoms. The summed E-state index contributed by atoms with van der Waals surface area (Å²) in [7, 11) is 4.59. The number of rotatable bonds is 14. The number of amides is 1. The number of benzene rings is 1. The minimum absolute atomic E-state index is 0.0940. The van der Waals surface area contributed by atoms with Crippen molar-refractivity contribution in [3.8, 4) is 17.2 Å². The van der Waals surface area contributed by atoms with Gasteiger partial charge in [-0.25, -0.2) is 0 Å². The van der Waals surface area contributed by atoms with Crippen LogP contribution in [0.4, 0.5) is 0 Å². The Labute approximate surface area is 191 Å². The van der Waals surface area contributed by atoms with Gasteiger partial charge in [-0.1, -0.05) is 6.42 Å². The fourth-order valence-electron chi connectivity index (χ4n) is 4.09. The predicted octanol–water partition coefficient (Wildman–Crippen LogP) is 2.87. The molecule has 1 saturated heterocycles. The summed E-state index contributed by atoms with van der Waals surface area (Å²) in [4.78, 5) is 25.9. The minimum atomic E-state index is -0.939. The van der Waals surface area contributed by atoms with Gasteiger partial charge in [0.15, 0.2) is 11.5 Å². The summed E-state index contributed by atoms with van der Waals surface area (Å²) >= 11 is 0. The van der Waals surface area contributed by atoms with E-state index in [1.165, 1.54) is 21.3 Å². The van der Waals surface area contributed by atoms with Crippen molar-refractivity contribution in [2.75, 3.05) is 41.0 Å². The van der Waals surface area contributed by atoms with Crippen LogP contribution in [0.1, 0.15) is 63.5 Å². The molecule has 0 radical (unpaired) electrons. The van der Waals surface area contributed by atoms with Gasteiger partial charge >= 0.3 is 0 Å². The van der Waals surface area contributed by atoms with Crippen molar-refractivity contribution in [2.24, 2.45) is 0 Å². The zero-order valence-corrected chi connectivity index (χ0v) is 19.8. The molecule has 0 aromatic heterocycles. The maximum atomic E-state index is 12.6. The smallest absolute Gasteiger partial charge is 0.220 e. The first-order chi connectivity index (χ1) is 15.4. The number of nitrogens with zero attached hydrogens (tertiary/aromatic N) is 1. The van der Waals surface area contributed by atoms with E-state index < -0.39 is 12.1 Å². The van der Waals surface area contributed by atoms with Gasteiger partial charge in [0, 0.05) is 19.4 Å². The fourth-order valence-corrected chi connectivity index (χ4v) is 4.09. The number of nitrogens with one attached hydrogen (secondary N) is 1. The summed E-state index contributed by atoms with van der Waals surface area (Å²) in [6.45, 7) is 4.06. The highest BCUT2D eigenvalue weighted by molar-refractivity contribution is 5.76. The van der Waals surface area contributed by atoms with Crippen molar-refractivity contribution in [1.82, 2.24) is 10.2 Å². The van der Waals surface area contributed by atoms with Crippen LogP contribution in [-0.2, 0) is 9.59 Å². The summed E-state index contributed by atoms with van der Waals surface area (Å²) in [6.07, 6.45) is 4.58. The summed E-state index contributed by atoms with van der Waals surface area (Å²) < 4.78 is 16.2. The Morgan fingerprint density at radius 2 is 1.59 bits per heavy atom. The number of hydrogen-bond donors (Lipinski definition) is 2. The highest BCUT2D eigenvalue weighted by Crippen LogP contribution is 2.40. The summed E-state index contributed by atoms with van der Waals surface area (Å²) in [5.41, 5.74) is 0.588. The number of likely N-dealkylation sites (tertiary alicyclic amines) is 1. The van der Waals surface area contributed by atoms with E-state index in [4.69, 9.17) is 14.2 Å². The molecule has 0 bridgehead atoms. The Morgan fingerprint density at radius 1 is 1.00 bits per heavy atom. The Balaban J connectivity index is 2.11. The summed E-state index contributed by atoms with van der Waals surface area (Å²) in [6, 6.07) is 2.97. The summed E-state index contributed by atoms with van der Waals surface area (Å²) in [5, 5.41) is 14.3.